The number of ether oxygens (including phenoxy) is 1. The van der Waals surface area contributed by atoms with Gasteiger partial charge in [-0.2, -0.15) is 0 Å². The second-order valence-electron chi connectivity index (χ2n) is 4.51. The van der Waals surface area contributed by atoms with Crippen LogP contribution in [-0.4, -0.2) is 26.3 Å². The predicted molar refractivity (Wildman–Crippen MR) is 66.5 cm³/mol. The van der Waals surface area contributed by atoms with Crippen LogP contribution in [0.5, 0.6) is 0 Å². The van der Waals surface area contributed by atoms with Crippen LogP contribution in [0.3, 0.4) is 0 Å². The second kappa shape index (κ2) is 5.47. The van der Waals surface area contributed by atoms with Crippen molar-refractivity contribution in [2.45, 2.75) is 25.5 Å². The van der Waals surface area contributed by atoms with E-state index < -0.39 is 0 Å². The monoisotopic (exact) mass is 238 g/mol. The van der Waals surface area contributed by atoms with E-state index >= 15 is 0 Å². The van der Waals surface area contributed by atoms with Crippen molar-refractivity contribution in [3.63, 3.8) is 0 Å². The Hall–Kier alpha value is -1.13. The zero-order chi connectivity index (χ0) is 12.3. The lowest BCUT2D eigenvalue weighted by atomic mass is 10.1. The molecule has 1 heterocycles. The summed E-state index contributed by atoms with van der Waals surface area (Å²) in [4.78, 5) is 1.91. The molecule has 1 saturated heterocycles. The summed E-state index contributed by atoms with van der Waals surface area (Å²) in [5.74, 6) is -0.214. The maximum atomic E-state index is 13.8. The maximum absolute atomic E-state index is 13.8. The first-order chi connectivity index (χ1) is 8.20. The average Bonchev–Trinajstić information content (AvgIpc) is 2.81. The molecule has 4 heteroatoms. The molecule has 3 nitrogen and oxygen atoms in total. The molecule has 2 N–H and O–H groups in total. The number of likely N-dealkylation sites (N-methyl/N-ethyl adjacent to an activating group) is 1. The molecular weight excluding hydrogens is 219 g/mol. The Labute approximate surface area is 101 Å². The Bertz CT molecular complexity index is 378. The third-order valence-electron chi connectivity index (χ3n) is 3.16. The van der Waals surface area contributed by atoms with Crippen molar-refractivity contribution in [1.82, 2.24) is 0 Å². The number of benzene rings is 1. The molecule has 2 rings (SSSR count). The summed E-state index contributed by atoms with van der Waals surface area (Å²) in [6.45, 7) is 1.93. The second-order valence-corrected chi connectivity index (χ2v) is 4.51. The molecule has 1 aliphatic rings. The number of hydrogen-bond acceptors (Lipinski definition) is 3. The van der Waals surface area contributed by atoms with E-state index in [2.05, 4.69) is 0 Å². The lowest BCUT2D eigenvalue weighted by Crippen LogP contribution is -2.29. The van der Waals surface area contributed by atoms with Crippen LogP contribution in [0, 0.1) is 5.82 Å². The molecule has 1 unspecified atom stereocenters. The summed E-state index contributed by atoms with van der Waals surface area (Å²) in [5, 5.41) is 0. The minimum Gasteiger partial charge on any atom is -0.376 e. The highest BCUT2D eigenvalue weighted by Gasteiger charge is 2.18. The highest BCUT2D eigenvalue weighted by Crippen LogP contribution is 2.21. The van der Waals surface area contributed by atoms with E-state index in [-0.39, 0.29) is 11.9 Å². The van der Waals surface area contributed by atoms with E-state index in [1.165, 1.54) is 6.07 Å². The van der Waals surface area contributed by atoms with Gasteiger partial charge >= 0.3 is 0 Å². The van der Waals surface area contributed by atoms with Gasteiger partial charge in [0.1, 0.15) is 5.82 Å². The minimum absolute atomic E-state index is 0.214. The van der Waals surface area contributed by atoms with Gasteiger partial charge in [-0.05, 0) is 30.5 Å². The number of nitrogens with two attached hydrogens (primary N) is 1. The zero-order valence-corrected chi connectivity index (χ0v) is 10.2. The molecule has 0 aliphatic carbocycles. The van der Waals surface area contributed by atoms with Gasteiger partial charge in [0, 0.05) is 26.7 Å². The van der Waals surface area contributed by atoms with Crippen LogP contribution in [-0.2, 0) is 11.3 Å². The fourth-order valence-corrected chi connectivity index (χ4v) is 2.18. The molecule has 0 spiro atoms. The van der Waals surface area contributed by atoms with Gasteiger partial charge in [-0.1, -0.05) is 6.07 Å². The fraction of sp³-hybridized carbons (Fsp3) is 0.538. The smallest absolute Gasteiger partial charge is 0.146 e. The predicted octanol–water partition coefficient (Wildman–Crippen LogP) is 1.90. The van der Waals surface area contributed by atoms with E-state index in [0.29, 0.717) is 12.2 Å². The first-order valence-electron chi connectivity index (χ1n) is 6.02. The lowest BCUT2D eigenvalue weighted by molar-refractivity contribution is 0.116. The first-order valence-corrected chi connectivity index (χ1v) is 6.02. The summed E-state index contributed by atoms with van der Waals surface area (Å²) in [7, 11) is 1.89. The van der Waals surface area contributed by atoms with Gasteiger partial charge in [-0.3, -0.25) is 0 Å². The Morgan fingerprint density at radius 1 is 1.53 bits per heavy atom. The van der Waals surface area contributed by atoms with Gasteiger partial charge in [0.2, 0.25) is 0 Å². The Kier molecular flexibility index (Phi) is 3.97. The van der Waals surface area contributed by atoms with E-state index in [9.17, 15) is 4.39 Å². The van der Waals surface area contributed by atoms with Gasteiger partial charge in [0.25, 0.3) is 0 Å². The SMILES string of the molecule is CN(CC1CCCO1)c1ccc(CN)cc1F. The average molecular weight is 238 g/mol. The number of hydrogen-bond donors (Lipinski definition) is 1. The summed E-state index contributed by atoms with van der Waals surface area (Å²) in [6, 6.07) is 5.15. The molecule has 0 saturated carbocycles. The molecule has 0 radical (unpaired) electrons. The third kappa shape index (κ3) is 2.96. The van der Waals surface area contributed by atoms with Gasteiger partial charge in [0.05, 0.1) is 11.8 Å². The van der Waals surface area contributed by atoms with Crippen LogP contribution >= 0.6 is 0 Å². The van der Waals surface area contributed by atoms with Gasteiger partial charge in [-0.15, -0.1) is 0 Å². The van der Waals surface area contributed by atoms with Gasteiger partial charge in [0.15, 0.2) is 0 Å². The molecule has 1 aromatic carbocycles. The van der Waals surface area contributed by atoms with Crippen LogP contribution in [0.1, 0.15) is 18.4 Å². The number of anilines is 1. The summed E-state index contributed by atoms with van der Waals surface area (Å²) in [6.07, 6.45) is 2.40. The van der Waals surface area contributed by atoms with Crippen molar-refractivity contribution in [2.75, 3.05) is 25.1 Å². The Balaban J connectivity index is 2.04. The highest BCUT2D eigenvalue weighted by atomic mass is 19.1. The summed E-state index contributed by atoms with van der Waals surface area (Å²) < 4.78 is 19.4. The quantitative estimate of drug-likeness (QED) is 0.870. The van der Waals surface area contributed by atoms with Crippen LogP contribution in [0.25, 0.3) is 0 Å². The molecule has 1 fully saturated rings. The topological polar surface area (TPSA) is 38.5 Å². The minimum atomic E-state index is -0.214. The standard InChI is InChI=1S/C13H19FN2O/c1-16(9-11-3-2-6-17-11)13-5-4-10(8-15)7-12(13)14/h4-5,7,11H,2-3,6,8-9,15H2,1H3. The zero-order valence-electron chi connectivity index (χ0n) is 10.2. The van der Waals surface area contributed by atoms with Gasteiger partial charge < -0.3 is 15.4 Å². The van der Waals surface area contributed by atoms with E-state index in [0.717, 1.165) is 31.6 Å². The summed E-state index contributed by atoms with van der Waals surface area (Å²) >= 11 is 0. The number of halogens is 1. The fourth-order valence-electron chi connectivity index (χ4n) is 2.18. The van der Waals surface area contributed by atoms with Gasteiger partial charge in [-0.25, -0.2) is 4.39 Å². The van der Waals surface area contributed by atoms with Crippen LogP contribution in [0.4, 0.5) is 10.1 Å². The molecule has 0 amide bonds. The van der Waals surface area contributed by atoms with Crippen molar-refractivity contribution in [1.29, 1.82) is 0 Å². The normalized spacial score (nSPS) is 19.6. The third-order valence-corrected chi connectivity index (χ3v) is 3.16. The molecule has 1 aromatic rings. The van der Waals surface area contributed by atoms with Crippen LogP contribution < -0.4 is 10.6 Å². The van der Waals surface area contributed by atoms with Crippen molar-refractivity contribution in [2.24, 2.45) is 5.73 Å². The number of nitrogens with zero attached hydrogens (tertiary/aromatic N) is 1. The van der Waals surface area contributed by atoms with E-state index in [1.54, 1.807) is 6.07 Å². The van der Waals surface area contributed by atoms with Crippen LogP contribution in [0.15, 0.2) is 18.2 Å². The molecule has 0 bridgehead atoms. The van der Waals surface area contributed by atoms with Crippen LogP contribution in [0.2, 0.25) is 0 Å². The number of rotatable bonds is 4. The largest absolute Gasteiger partial charge is 0.376 e. The van der Waals surface area contributed by atoms with Crippen molar-refractivity contribution >= 4 is 5.69 Å². The maximum Gasteiger partial charge on any atom is 0.146 e. The van der Waals surface area contributed by atoms with Crippen molar-refractivity contribution in [3.05, 3.63) is 29.6 Å². The van der Waals surface area contributed by atoms with E-state index in [1.807, 2.05) is 18.0 Å². The Morgan fingerprint density at radius 3 is 2.94 bits per heavy atom. The molecule has 1 atom stereocenters. The van der Waals surface area contributed by atoms with Crippen molar-refractivity contribution in [3.8, 4) is 0 Å². The Morgan fingerprint density at radius 2 is 2.35 bits per heavy atom. The highest BCUT2D eigenvalue weighted by molar-refractivity contribution is 5.48. The first kappa shape index (κ1) is 12.3. The molecular formula is C13H19FN2O. The van der Waals surface area contributed by atoms with E-state index in [4.69, 9.17) is 10.5 Å². The van der Waals surface area contributed by atoms with Crippen molar-refractivity contribution < 1.29 is 9.13 Å². The molecule has 94 valence electrons. The summed E-state index contributed by atoms with van der Waals surface area (Å²) in [5.41, 5.74) is 6.90. The lowest BCUT2D eigenvalue weighted by Gasteiger charge is -2.23. The molecule has 17 heavy (non-hydrogen) atoms. The molecule has 1 aliphatic heterocycles. The molecule has 0 aromatic heterocycles.